The summed E-state index contributed by atoms with van der Waals surface area (Å²) in [4.78, 5) is 13.6. The molecule has 0 saturated carbocycles. The molecule has 11 aromatic rings. The van der Waals surface area contributed by atoms with Crippen molar-refractivity contribution in [3.63, 3.8) is 0 Å². The third-order valence-electron chi connectivity index (χ3n) is 10.7. The molecule has 8 aromatic carbocycles. The highest BCUT2D eigenvalue weighted by Gasteiger charge is 2.33. The normalized spacial score (nSPS) is 12.5. The maximum absolute atomic E-state index is 13.6. The van der Waals surface area contributed by atoms with Crippen molar-refractivity contribution in [3.8, 4) is 34.4 Å². The van der Waals surface area contributed by atoms with Crippen molar-refractivity contribution >= 4 is 76.3 Å². The van der Waals surface area contributed by atoms with Crippen LogP contribution in [0.5, 0.6) is 23.0 Å². The largest absolute Gasteiger partial charge is 0.456 e. The van der Waals surface area contributed by atoms with E-state index in [1.807, 2.05) is 66.7 Å². The van der Waals surface area contributed by atoms with Crippen molar-refractivity contribution in [1.82, 2.24) is 9.13 Å². The molecule has 0 bridgehead atoms. The summed E-state index contributed by atoms with van der Waals surface area (Å²) in [6.07, 6.45) is 0. The molecule has 0 amide bonds. The Morgan fingerprint density at radius 2 is 0.925 bits per heavy atom. The van der Waals surface area contributed by atoms with Crippen LogP contribution in [0.3, 0.4) is 0 Å². The summed E-state index contributed by atoms with van der Waals surface area (Å²) in [5.74, 6) is 2.55. The van der Waals surface area contributed by atoms with E-state index < -0.39 is 0 Å². The third-order valence-corrected chi connectivity index (χ3v) is 10.7. The van der Waals surface area contributed by atoms with Gasteiger partial charge in [0.2, 0.25) is 5.43 Å². The second kappa shape index (κ2) is 10.4. The summed E-state index contributed by atoms with van der Waals surface area (Å²) in [6.45, 7) is 0. The van der Waals surface area contributed by atoms with E-state index in [4.69, 9.17) is 13.9 Å². The molecule has 53 heavy (non-hydrogen) atoms. The predicted molar refractivity (Wildman–Crippen MR) is 213 cm³/mol. The molecule has 3 aromatic heterocycles. The second-order valence-corrected chi connectivity index (χ2v) is 13.6. The smallest absolute Gasteiger partial charge is 0.200 e. The number of nitrogens with zero attached hydrogens (tertiary/aromatic N) is 2. The lowest BCUT2D eigenvalue weighted by molar-refractivity contribution is 0.365. The molecule has 0 N–H and O–H groups in total. The van der Waals surface area contributed by atoms with Gasteiger partial charge in [-0.05, 0) is 71.4 Å². The number of para-hydroxylation sites is 5. The van der Waals surface area contributed by atoms with Crippen molar-refractivity contribution in [1.29, 1.82) is 0 Å². The van der Waals surface area contributed by atoms with Crippen LogP contribution in [0.25, 0.3) is 87.7 Å². The van der Waals surface area contributed by atoms with E-state index >= 15 is 0 Å². The molecular weight excluding hydrogens is 657 g/mol. The van der Waals surface area contributed by atoms with Crippen molar-refractivity contribution in [3.05, 3.63) is 168 Å². The molecule has 0 saturated heterocycles. The molecule has 12 rings (SSSR count). The van der Waals surface area contributed by atoms with Gasteiger partial charge in [-0.25, -0.2) is 0 Å². The van der Waals surface area contributed by atoms with E-state index in [-0.39, 0.29) is 5.43 Å². The fraction of sp³-hybridized carbons (Fsp3) is 0. The number of ether oxygens (including phenoxy) is 2. The number of benzene rings is 8. The first kappa shape index (κ1) is 28.4. The van der Waals surface area contributed by atoms with Gasteiger partial charge in [-0.2, -0.15) is 0 Å². The van der Waals surface area contributed by atoms with Crippen LogP contribution in [0, 0.1) is 0 Å². The molecule has 0 aliphatic carbocycles. The summed E-state index contributed by atoms with van der Waals surface area (Å²) in [5.41, 5.74) is 6.73. The first-order valence-corrected chi connectivity index (χ1v) is 17.6. The van der Waals surface area contributed by atoms with Gasteiger partial charge in [-0.1, -0.05) is 91.0 Å². The third kappa shape index (κ3) is 3.84. The summed E-state index contributed by atoms with van der Waals surface area (Å²) < 4.78 is 24.9. The molecule has 4 heterocycles. The van der Waals surface area contributed by atoms with Crippen LogP contribution in [0.15, 0.2) is 167 Å². The van der Waals surface area contributed by atoms with Crippen molar-refractivity contribution in [2.24, 2.45) is 0 Å². The van der Waals surface area contributed by atoms with E-state index in [9.17, 15) is 4.79 Å². The number of fused-ring (bicyclic) bond motifs is 14. The van der Waals surface area contributed by atoms with Crippen LogP contribution >= 0.6 is 0 Å². The molecule has 248 valence electrons. The van der Waals surface area contributed by atoms with E-state index in [0.29, 0.717) is 44.9 Å². The first-order chi connectivity index (χ1) is 26.2. The van der Waals surface area contributed by atoms with Crippen LogP contribution in [0.2, 0.25) is 0 Å². The maximum atomic E-state index is 13.6. The van der Waals surface area contributed by atoms with Gasteiger partial charge in [0.25, 0.3) is 0 Å². The van der Waals surface area contributed by atoms with Crippen molar-refractivity contribution < 1.29 is 13.9 Å². The molecular formula is C47H26N2O4. The van der Waals surface area contributed by atoms with Gasteiger partial charge >= 0.3 is 0 Å². The average molecular weight is 683 g/mol. The minimum Gasteiger partial charge on any atom is -0.456 e. The zero-order valence-electron chi connectivity index (χ0n) is 28.0. The molecule has 6 nitrogen and oxygen atoms in total. The van der Waals surface area contributed by atoms with Gasteiger partial charge in [0.15, 0.2) is 23.0 Å². The van der Waals surface area contributed by atoms with Gasteiger partial charge in [0.1, 0.15) is 22.2 Å². The number of rotatable bonds is 2. The van der Waals surface area contributed by atoms with Crippen LogP contribution in [-0.4, -0.2) is 9.13 Å². The SMILES string of the molecule is O=c1c2ccccc2oc2cc(-n3c4ccccc4c4c5c6ccccc6n(-c6ccc7ccccc7c6)c5c5c(c43)Oc3ccccc3O5)ccc12. The Kier molecular flexibility index (Phi) is 5.56. The lowest BCUT2D eigenvalue weighted by atomic mass is 10.0. The number of hydrogen-bond acceptors (Lipinski definition) is 4. The van der Waals surface area contributed by atoms with Crippen molar-refractivity contribution in [2.45, 2.75) is 0 Å². The molecule has 0 atom stereocenters. The van der Waals surface area contributed by atoms with Gasteiger partial charge in [0, 0.05) is 33.3 Å². The first-order valence-electron chi connectivity index (χ1n) is 17.6. The fourth-order valence-electron chi connectivity index (χ4n) is 8.44. The summed E-state index contributed by atoms with van der Waals surface area (Å²) in [7, 11) is 0. The molecule has 0 unspecified atom stereocenters. The molecule has 0 fully saturated rings. The maximum Gasteiger partial charge on any atom is 0.200 e. The lowest BCUT2D eigenvalue weighted by Crippen LogP contribution is -2.05. The van der Waals surface area contributed by atoms with Gasteiger partial charge in [0.05, 0.1) is 27.5 Å². The Morgan fingerprint density at radius 3 is 1.60 bits per heavy atom. The van der Waals surface area contributed by atoms with Crippen molar-refractivity contribution in [2.75, 3.05) is 0 Å². The highest BCUT2D eigenvalue weighted by Crippen LogP contribution is 2.57. The Balaban J connectivity index is 1.28. The summed E-state index contributed by atoms with van der Waals surface area (Å²) in [5, 5.41) is 7.71. The molecule has 6 heteroatoms. The Hall–Kier alpha value is -7.31. The van der Waals surface area contributed by atoms with E-state index in [1.54, 1.807) is 0 Å². The minimum absolute atomic E-state index is 0.0513. The topological polar surface area (TPSA) is 58.5 Å². The summed E-state index contributed by atoms with van der Waals surface area (Å²) in [6, 6.07) is 53.1. The zero-order valence-corrected chi connectivity index (χ0v) is 28.0. The Bertz CT molecular complexity index is 3440. The van der Waals surface area contributed by atoms with E-state index in [1.165, 1.54) is 5.39 Å². The van der Waals surface area contributed by atoms with Crippen LogP contribution in [0.1, 0.15) is 0 Å². The van der Waals surface area contributed by atoms with Gasteiger partial charge in [-0.15, -0.1) is 0 Å². The molecule has 1 aliphatic rings. The quantitative estimate of drug-likeness (QED) is 0.170. The number of aromatic nitrogens is 2. The standard InChI is InChI=1S/C47H26N2O4/c50-45-33-15-5-8-18-37(33)51-40-26-30(23-24-34(40)45)49-36-17-7-4-14-32(36)42-41-31-13-3-6-16-35(31)48(29-22-21-27-11-1-2-12-28(27)25-29)43(41)46-47(44(42)49)53-39-20-10-9-19-38(39)52-46/h1-26H. The Morgan fingerprint density at radius 1 is 0.415 bits per heavy atom. The van der Waals surface area contributed by atoms with Crippen LogP contribution < -0.4 is 14.9 Å². The minimum atomic E-state index is -0.0513. The van der Waals surface area contributed by atoms with Crippen LogP contribution in [-0.2, 0) is 0 Å². The Labute approximate surface area is 300 Å². The summed E-state index contributed by atoms with van der Waals surface area (Å²) >= 11 is 0. The highest BCUT2D eigenvalue weighted by atomic mass is 16.6. The number of hydrogen-bond donors (Lipinski definition) is 0. The fourth-order valence-corrected chi connectivity index (χ4v) is 8.44. The predicted octanol–water partition coefficient (Wildman–Crippen LogP) is 12.2. The molecule has 0 spiro atoms. The molecule has 0 radical (unpaired) electrons. The zero-order chi connectivity index (χ0) is 34.8. The van der Waals surface area contributed by atoms with E-state index in [2.05, 4.69) is 100 Å². The van der Waals surface area contributed by atoms with Gasteiger partial charge in [-0.3, -0.25) is 4.79 Å². The molecule has 1 aliphatic heterocycles. The monoisotopic (exact) mass is 682 g/mol. The average Bonchev–Trinajstić information content (AvgIpc) is 3.74. The highest BCUT2D eigenvalue weighted by molar-refractivity contribution is 6.32. The lowest BCUT2D eigenvalue weighted by Gasteiger charge is -2.24. The van der Waals surface area contributed by atoms with E-state index in [0.717, 1.165) is 60.4 Å². The second-order valence-electron chi connectivity index (χ2n) is 13.6. The van der Waals surface area contributed by atoms with Gasteiger partial charge < -0.3 is 23.0 Å². The van der Waals surface area contributed by atoms with Crippen LogP contribution in [0.4, 0.5) is 0 Å².